The molecule has 0 aromatic heterocycles. The van der Waals surface area contributed by atoms with E-state index < -0.39 is 17.7 Å². The fourth-order valence-corrected chi connectivity index (χ4v) is 1.28. The lowest BCUT2D eigenvalue weighted by Gasteiger charge is -2.05. The number of carbonyl (C=O) groups is 2. The summed E-state index contributed by atoms with van der Waals surface area (Å²) in [7, 11) is 0. The number of aryl methyl sites for hydroxylation is 1. The maximum absolute atomic E-state index is 13.2. The van der Waals surface area contributed by atoms with Crippen molar-refractivity contribution >= 4 is 11.9 Å². The molecule has 0 heterocycles. The molecule has 1 aromatic carbocycles. The summed E-state index contributed by atoms with van der Waals surface area (Å²) in [4.78, 5) is 21.8. The quantitative estimate of drug-likeness (QED) is 0.769. The van der Waals surface area contributed by atoms with Gasteiger partial charge in [-0.1, -0.05) is 6.07 Å². The second kappa shape index (κ2) is 5.98. The fourth-order valence-electron chi connectivity index (χ4n) is 1.28. The van der Waals surface area contributed by atoms with E-state index in [0.717, 1.165) is 0 Å². The highest BCUT2D eigenvalue weighted by atomic mass is 19.1. The van der Waals surface area contributed by atoms with E-state index in [1.54, 1.807) is 6.92 Å². The minimum atomic E-state index is -0.902. The molecule has 0 aliphatic carbocycles. The van der Waals surface area contributed by atoms with Crippen LogP contribution in [-0.4, -0.2) is 23.5 Å². The minimum Gasteiger partial charge on any atom is -0.481 e. The molecule has 0 radical (unpaired) electrons. The number of nitrogens with one attached hydrogen (secondary N) is 1. The maximum atomic E-state index is 13.2. The monoisotopic (exact) mass is 239 g/mol. The van der Waals surface area contributed by atoms with Gasteiger partial charge in [0.15, 0.2) is 0 Å². The topological polar surface area (TPSA) is 66.4 Å². The van der Waals surface area contributed by atoms with Crippen LogP contribution in [0.4, 0.5) is 4.39 Å². The molecular weight excluding hydrogens is 225 g/mol. The number of benzene rings is 1. The number of carboxylic acid groups (broad SMARTS) is 1. The molecule has 0 atom stereocenters. The van der Waals surface area contributed by atoms with Crippen LogP contribution in [0, 0.1) is 12.7 Å². The van der Waals surface area contributed by atoms with E-state index >= 15 is 0 Å². The van der Waals surface area contributed by atoms with Crippen LogP contribution in [-0.2, 0) is 4.79 Å². The Balaban J connectivity index is 2.47. The Kier molecular flexibility index (Phi) is 4.63. The molecule has 0 fully saturated rings. The van der Waals surface area contributed by atoms with Crippen molar-refractivity contribution < 1.29 is 19.1 Å². The first-order valence-corrected chi connectivity index (χ1v) is 5.27. The Bertz CT molecular complexity index is 432. The second-order valence-corrected chi connectivity index (χ2v) is 3.72. The molecule has 0 saturated carbocycles. The lowest BCUT2D eigenvalue weighted by molar-refractivity contribution is -0.137. The van der Waals surface area contributed by atoms with Crippen LogP contribution in [0.1, 0.15) is 28.8 Å². The van der Waals surface area contributed by atoms with Crippen LogP contribution < -0.4 is 5.32 Å². The van der Waals surface area contributed by atoms with Crippen molar-refractivity contribution in [1.29, 1.82) is 0 Å². The van der Waals surface area contributed by atoms with Crippen LogP contribution in [0.3, 0.4) is 0 Å². The van der Waals surface area contributed by atoms with Gasteiger partial charge in [-0.25, -0.2) is 4.39 Å². The van der Waals surface area contributed by atoms with E-state index in [4.69, 9.17) is 5.11 Å². The zero-order valence-corrected chi connectivity index (χ0v) is 9.50. The average molecular weight is 239 g/mol. The highest BCUT2D eigenvalue weighted by Crippen LogP contribution is 2.08. The molecule has 0 aliphatic heterocycles. The number of aliphatic carboxylic acids is 1. The van der Waals surface area contributed by atoms with Crippen molar-refractivity contribution in [3.05, 3.63) is 35.1 Å². The summed E-state index contributed by atoms with van der Waals surface area (Å²) >= 11 is 0. The first-order valence-electron chi connectivity index (χ1n) is 5.27. The molecule has 17 heavy (non-hydrogen) atoms. The number of carboxylic acids is 1. The maximum Gasteiger partial charge on any atom is 0.303 e. The van der Waals surface area contributed by atoms with Crippen molar-refractivity contribution in [3.63, 3.8) is 0 Å². The molecule has 1 aromatic rings. The van der Waals surface area contributed by atoms with Crippen molar-refractivity contribution in [2.45, 2.75) is 19.8 Å². The number of hydrogen-bond donors (Lipinski definition) is 2. The molecule has 0 saturated heterocycles. The standard InChI is InChI=1S/C12H14FNO3/c1-8-4-5-9(7-10(8)13)12(17)14-6-2-3-11(15)16/h4-5,7H,2-3,6H2,1H3,(H,14,17)(H,15,16). The number of amides is 1. The summed E-state index contributed by atoms with van der Waals surface area (Å²) < 4.78 is 13.2. The van der Waals surface area contributed by atoms with Crippen LogP contribution in [0.15, 0.2) is 18.2 Å². The Morgan fingerprint density at radius 3 is 2.71 bits per heavy atom. The van der Waals surface area contributed by atoms with Crippen molar-refractivity contribution in [3.8, 4) is 0 Å². The van der Waals surface area contributed by atoms with Gasteiger partial charge in [0.05, 0.1) is 0 Å². The molecule has 5 heteroatoms. The Hall–Kier alpha value is -1.91. The SMILES string of the molecule is Cc1ccc(C(=O)NCCCC(=O)O)cc1F. The van der Waals surface area contributed by atoms with E-state index in [1.807, 2.05) is 0 Å². The van der Waals surface area contributed by atoms with Crippen LogP contribution in [0.5, 0.6) is 0 Å². The summed E-state index contributed by atoms with van der Waals surface area (Å²) in [6.07, 6.45) is 0.359. The third kappa shape index (κ3) is 4.22. The van der Waals surface area contributed by atoms with Crippen LogP contribution >= 0.6 is 0 Å². The predicted molar refractivity (Wildman–Crippen MR) is 60.3 cm³/mol. The third-order valence-electron chi connectivity index (χ3n) is 2.29. The van der Waals surface area contributed by atoms with E-state index in [0.29, 0.717) is 12.0 Å². The van der Waals surface area contributed by atoms with Gasteiger partial charge in [0.2, 0.25) is 0 Å². The molecule has 92 valence electrons. The second-order valence-electron chi connectivity index (χ2n) is 3.72. The van der Waals surface area contributed by atoms with Crippen LogP contribution in [0.25, 0.3) is 0 Å². The van der Waals surface area contributed by atoms with Gasteiger partial charge in [0.1, 0.15) is 5.82 Å². The van der Waals surface area contributed by atoms with E-state index in [1.165, 1.54) is 18.2 Å². The van der Waals surface area contributed by atoms with Gasteiger partial charge >= 0.3 is 5.97 Å². The Morgan fingerprint density at radius 2 is 2.12 bits per heavy atom. The van der Waals surface area contributed by atoms with E-state index in [9.17, 15) is 14.0 Å². The summed E-state index contributed by atoms with van der Waals surface area (Å²) in [5.74, 6) is -1.72. The number of carbonyl (C=O) groups excluding carboxylic acids is 1. The third-order valence-corrected chi connectivity index (χ3v) is 2.29. The smallest absolute Gasteiger partial charge is 0.303 e. The normalized spacial score (nSPS) is 10.0. The highest BCUT2D eigenvalue weighted by molar-refractivity contribution is 5.94. The van der Waals surface area contributed by atoms with Crippen molar-refractivity contribution in [1.82, 2.24) is 5.32 Å². The summed E-state index contributed by atoms with van der Waals surface area (Å²) in [5, 5.41) is 10.9. The Labute approximate surface area is 98.5 Å². The summed E-state index contributed by atoms with van der Waals surface area (Å²) in [6, 6.07) is 4.23. The zero-order valence-electron chi connectivity index (χ0n) is 9.50. The first-order chi connectivity index (χ1) is 8.00. The van der Waals surface area contributed by atoms with Gasteiger partial charge < -0.3 is 10.4 Å². The van der Waals surface area contributed by atoms with Gasteiger partial charge in [0, 0.05) is 18.5 Å². The van der Waals surface area contributed by atoms with Gasteiger partial charge in [-0.15, -0.1) is 0 Å². The predicted octanol–water partition coefficient (Wildman–Crippen LogP) is 1.73. The van der Waals surface area contributed by atoms with E-state index in [2.05, 4.69) is 5.32 Å². The average Bonchev–Trinajstić information content (AvgIpc) is 2.27. The van der Waals surface area contributed by atoms with Crippen molar-refractivity contribution in [2.75, 3.05) is 6.54 Å². The largest absolute Gasteiger partial charge is 0.481 e. The number of halogens is 1. The van der Waals surface area contributed by atoms with Gasteiger partial charge in [-0.3, -0.25) is 9.59 Å². The lowest BCUT2D eigenvalue weighted by atomic mass is 10.1. The molecule has 0 unspecified atom stereocenters. The summed E-state index contributed by atoms with van der Waals surface area (Å²) in [6.45, 7) is 1.88. The van der Waals surface area contributed by atoms with Gasteiger partial charge in [0.25, 0.3) is 5.91 Å². The molecule has 4 nitrogen and oxygen atoms in total. The minimum absolute atomic E-state index is 0.00252. The highest BCUT2D eigenvalue weighted by Gasteiger charge is 2.07. The first kappa shape index (κ1) is 13.2. The van der Waals surface area contributed by atoms with Crippen LogP contribution in [0.2, 0.25) is 0 Å². The number of hydrogen-bond acceptors (Lipinski definition) is 2. The van der Waals surface area contributed by atoms with E-state index in [-0.39, 0.29) is 18.5 Å². The molecule has 0 bridgehead atoms. The van der Waals surface area contributed by atoms with Gasteiger partial charge in [-0.2, -0.15) is 0 Å². The Morgan fingerprint density at radius 1 is 1.41 bits per heavy atom. The van der Waals surface area contributed by atoms with Crippen molar-refractivity contribution in [2.24, 2.45) is 0 Å². The zero-order chi connectivity index (χ0) is 12.8. The lowest BCUT2D eigenvalue weighted by Crippen LogP contribution is -2.25. The molecular formula is C12H14FNO3. The molecule has 1 amide bonds. The molecule has 1 rings (SSSR count). The van der Waals surface area contributed by atoms with Gasteiger partial charge in [-0.05, 0) is 31.0 Å². The fraction of sp³-hybridized carbons (Fsp3) is 0.333. The summed E-state index contributed by atoms with van der Waals surface area (Å²) in [5.41, 5.74) is 0.718. The molecule has 2 N–H and O–H groups in total. The molecule has 0 aliphatic rings. The number of rotatable bonds is 5. The molecule has 0 spiro atoms.